The third kappa shape index (κ3) is 3.64. The van der Waals surface area contributed by atoms with Crippen molar-refractivity contribution in [2.24, 2.45) is 0 Å². The Hall–Kier alpha value is -1.75. The van der Waals surface area contributed by atoms with Gasteiger partial charge in [-0.15, -0.1) is 0 Å². The second-order valence-electron chi connectivity index (χ2n) is 3.86. The van der Waals surface area contributed by atoms with Gasteiger partial charge in [0, 0.05) is 0 Å². The normalized spacial score (nSPS) is 13.8. The minimum atomic E-state index is -1.81. The van der Waals surface area contributed by atoms with Crippen LogP contribution in [0.5, 0.6) is 5.75 Å². The molecule has 0 saturated heterocycles. The number of aliphatic carboxylic acids is 1. The first-order valence-electron chi connectivity index (χ1n) is 5.39. The van der Waals surface area contributed by atoms with Crippen molar-refractivity contribution in [2.75, 3.05) is 18.5 Å². The second kappa shape index (κ2) is 5.54. The average Bonchev–Trinajstić information content (AvgIpc) is 2.28. The van der Waals surface area contributed by atoms with Crippen LogP contribution in [0.3, 0.4) is 0 Å². The van der Waals surface area contributed by atoms with E-state index in [1.807, 2.05) is 13.0 Å². The predicted molar refractivity (Wildman–Crippen MR) is 64.4 cm³/mol. The van der Waals surface area contributed by atoms with E-state index < -0.39 is 11.6 Å². The number of carboxylic acids is 1. The monoisotopic (exact) mass is 239 g/mol. The lowest BCUT2D eigenvalue weighted by Gasteiger charge is -2.20. The second-order valence-corrected chi connectivity index (χ2v) is 3.86. The lowest BCUT2D eigenvalue weighted by atomic mass is 10.1. The largest absolute Gasteiger partial charge is 0.492 e. The van der Waals surface area contributed by atoms with Crippen molar-refractivity contribution in [1.29, 1.82) is 0 Å². The first-order valence-corrected chi connectivity index (χ1v) is 5.39. The molecule has 0 bridgehead atoms. The Morgan fingerprint density at radius 3 is 2.71 bits per heavy atom. The third-order valence-electron chi connectivity index (χ3n) is 2.27. The van der Waals surface area contributed by atoms with Gasteiger partial charge in [0.1, 0.15) is 5.75 Å². The summed E-state index contributed by atoms with van der Waals surface area (Å²) < 4.78 is 5.37. The molecule has 0 radical (unpaired) electrons. The van der Waals surface area contributed by atoms with Crippen molar-refractivity contribution >= 4 is 11.7 Å². The Balaban J connectivity index is 2.72. The molecule has 0 aliphatic carbocycles. The number of nitrogens with one attached hydrogen (secondary N) is 1. The highest BCUT2D eigenvalue weighted by Crippen LogP contribution is 2.24. The van der Waals surface area contributed by atoms with Gasteiger partial charge >= 0.3 is 5.97 Å². The fraction of sp³-hybridized carbons (Fsp3) is 0.417. The molecule has 0 aliphatic rings. The molecule has 17 heavy (non-hydrogen) atoms. The Kier molecular flexibility index (Phi) is 4.34. The highest BCUT2D eigenvalue weighted by molar-refractivity contribution is 5.77. The van der Waals surface area contributed by atoms with Crippen LogP contribution >= 0.6 is 0 Å². The van der Waals surface area contributed by atoms with Gasteiger partial charge in [-0.2, -0.15) is 0 Å². The van der Waals surface area contributed by atoms with Crippen LogP contribution in [0.4, 0.5) is 5.69 Å². The quantitative estimate of drug-likeness (QED) is 0.698. The average molecular weight is 239 g/mol. The summed E-state index contributed by atoms with van der Waals surface area (Å²) in [4.78, 5) is 10.7. The number of anilines is 1. The SMILES string of the molecule is CCOc1ccccc1NCC(C)(O)C(=O)O. The summed E-state index contributed by atoms with van der Waals surface area (Å²) in [7, 11) is 0. The van der Waals surface area contributed by atoms with Crippen LogP contribution in [0.1, 0.15) is 13.8 Å². The number of ether oxygens (including phenoxy) is 1. The maximum atomic E-state index is 10.7. The number of hydrogen-bond acceptors (Lipinski definition) is 4. The van der Waals surface area contributed by atoms with Crippen LogP contribution in [0.2, 0.25) is 0 Å². The molecule has 5 nitrogen and oxygen atoms in total. The maximum Gasteiger partial charge on any atom is 0.337 e. The van der Waals surface area contributed by atoms with Gasteiger partial charge in [-0.05, 0) is 26.0 Å². The van der Waals surface area contributed by atoms with Crippen molar-refractivity contribution in [3.8, 4) is 5.75 Å². The molecular formula is C12H17NO4. The molecule has 1 rings (SSSR count). The lowest BCUT2D eigenvalue weighted by molar-refractivity contribution is -0.155. The first kappa shape index (κ1) is 13.3. The standard InChI is InChI=1S/C12H17NO4/c1-3-17-10-7-5-4-6-9(10)13-8-12(2,16)11(14)15/h4-7,13,16H,3,8H2,1-2H3,(H,14,15). The maximum absolute atomic E-state index is 10.7. The van der Waals surface area contributed by atoms with E-state index in [-0.39, 0.29) is 6.54 Å². The van der Waals surface area contributed by atoms with Crippen molar-refractivity contribution in [1.82, 2.24) is 0 Å². The minimum Gasteiger partial charge on any atom is -0.492 e. The molecule has 0 aliphatic heterocycles. The van der Waals surface area contributed by atoms with E-state index >= 15 is 0 Å². The van der Waals surface area contributed by atoms with E-state index in [0.29, 0.717) is 18.0 Å². The molecule has 0 heterocycles. The summed E-state index contributed by atoms with van der Waals surface area (Å²) in [6.07, 6.45) is 0. The van der Waals surface area contributed by atoms with Crippen LogP contribution in [-0.4, -0.2) is 34.9 Å². The van der Waals surface area contributed by atoms with E-state index in [2.05, 4.69) is 5.32 Å². The molecule has 0 aromatic heterocycles. The molecule has 0 amide bonds. The van der Waals surface area contributed by atoms with Crippen molar-refractivity contribution in [3.05, 3.63) is 24.3 Å². The van der Waals surface area contributed by atoms with E-state index in [0.717, 1.165) is 0 Å². The van der Waals surface area contributed by atoms with Gasteiger partial charge in [0.2, 0.25) is 0 Å². The van der Waals surface area contributed by atoms with E-state index in [1.165, 1.54) is 6.92 Å². The highest BCUT2D eigenvalue weighted by Gasteiger charge is 2.29. The fourth-order valence-corrected chi connectivity index (χ4v) is 1.24. The molecule has 1 aromatic rings. The number of benzene rings is 1. The highest BCUT2D eigenvalue weighted by atomic mass is 16.5. The van der Waals surface area contributed by atoms with Crippen LogP contribution in [0, 0.1) is 0 Å². The summed E-state index contributed by atoms with van der Waals surface area (Å²) >= 11 is 0. The van der Waals surface area contributed by atoms with Gasteiger partial charge in [0.25, 0.3) is 0 Å². The summed E-state index contributed by atoms with van der Waals surface area (Å²) in [6.45, 7) is 3.54. The molecule has 1 aromatic carbocycles. The van der Waals surface area contributed by atoms with Crippen LogP contribution < -0.4 is 10.1 Å². The zero-order chi connectivity index (χ0) is 12.9. The van der Waals surface area contributed by atoms with Crippen LogP contribution in [0.25, 0.3) is 0 Å². The molecule has 94 valence electrons. The number of hydrogen-bond donors (Lipinski definition) is 3. The van der Waals surface area contributed by atoms with E-state index in [4.69, 9.17) is 9.84 Å². The van der Waals surface area contributed by atoms with Gasteiger partial charge in [0.15, 0.2) is 5.60 Å². The Morgan fingerprint density at radius 1 is 1.47 bits per heavy atom. The van der Waals surface area contributed by atoms with Crippen LogP contribution in [0.15, 0.2) is 24.3 Å². The Morgan fingerprint density at radius 2 is 2.12 bits per heavy atom. The van der Waals surface area contributed by atoms with E-state index in [1.54, 1.807) is 18.2 Å². The summed E-state index contributed by atoms with van der Waals surface area (Å²) in [5.41, 5.74) is -1.14. The zero-order valence-corrected chi connectivity index (χ0v) is 9.93. The molecule has 0 spiro atoms. The van der Waals surface area contributed by atoms with Crippen molar-refractivity contribution < 1.29 is 19.7 Å². The summed E-state index contributed by atoms with van der Waals surface area (Å²) in [6, 6.07) is 7.18. The fourth-order valence-electron chi connectivity index (χ4n) is 1.24. The topological polar surface area (TPSA) is 78.8 Å². The molecule has 0 saturated carbocycles. The van der Waals surface area contributed by atoms with Gasteiger partial charge in [-0.3, -0.25) is 0 Å². The number of aliphatic hydroxyl groups is 1. The van der Waals surface area contributed by atoms with Gasteiger partial charge in [0.05, 0.1) is 18.8 Å². The van der Waals surface area contributed by atoms with Crippen molar-refractivity contribution in [2.45, 2.75) is 19.4 Å². The summed E-state index contributed by atoms with van der Waals surface area (Å²) in [5, 5.41) is 21.2. The molecule has 3 N–H and O–H groups in total. The summed E-state index contributed by atoms with van der Waals surface area (Å²) in [5.74, 6) is -0.630. The smallest absolute Gasteiger partial charge is 0.337 e. The van der Waals surface area contributed by atoms with Crippen LogP contribution in [-0.2, 0) is 4.79 Å². The molecule has 0 fully saturated rings. The zero-order valence-electron chi connectivity index (χ0n) is 9.93. The molecule has 1 atom stereocenters. The van der Waals surface area contributed by atoms with Gasteiger partial charge in [-0.25, -0.2) is 4.79 Å². The predicted octanol–water partition coefficient (Wildman–Crippen LogP) is 1.33. The molecular weight excluding hydrogens is 222 g/mol. The van der Waals surface area contributed by atoms with Gasteiger partial charge < -0.3 is 20.3 Å². The minimum absolute atomic E-state index is 0.0909. The lowest BCUT2D eigenvalue weighted by Crippen LogP contribution is -2.41. The Bertz CT molecular complexity index is 390. The first-order chi connectivity index (χ1) is 7.97. The number of carbonyl (C=O) groups is 1. The molecule has 5 heteroatoms. The number of carboxylic acid groups (broad SMARTS) is 1. The number of rotatable bonds is 6. The van der Waals surface area contributed by atoms with Gasteiger partial charge in [-0.1, -0.05) is 12.1 Å². The third-order valence-corrected chi connectivity index (χ3v) is 2.27. The number of para-hydroxylation sites is 2. The van der Waals surface area contributed by atoms with E-state index in [9.17, 15) is 9.90 Å². The molecule has 1 unspecified atom stereocenters. The Labute approximate surface area is 100 Å². The van der Waals surface area contributed by atoms with Crippen molar-refractivity contribution in [3.63, 3.8) is 0 Å².